The summed E-state index contributed by atoms with van der Waals surface area (Å²) in [6.45, 7) is 2.65. The predicted molar refractivity (Wildman–Crippen MR) is 140 cm³/mol. The molecule has 0 aromatic heterocycles. The van der Waals surface area contributed by atoms with E-state index >= 15 is 0 Å². The molecule has 1 N–H and O–H groups in total. The fourth-order valence-corrected chi connectivity index (χ4v) is 4.06. The summed E-state index contributed by atoms with van der Waals surface area (Å²) in [5, 5.41) is 2.81. The van der Waals surface area contributed by atoms with Crippen LogP contribution < -0.4 is 14.8 Å². The molecule has 0 radical (unpaired) electrons. The Bertz CT molecular complexity index is 1120. The third kappa shape index (κ3) is 6.57. The van der Waals surface area contributed by atoms with Crippen molar-refractivity contribution in [3.63, 3.8) is 0 Å². The molecule has 0 spiro atoms. The summed E-state index contributed by atoms with van der Waals surface area (Å²) < 4.78 is 10.4. The van der Waals surface area contributed by atoms with Crippen LogP contribution in [0.4, 0.5) is 4.79 Å². The maximum absolute atomic E-state index is 12.0. The van der Waals surface area contributed by atoms with E-state index in [1.807, 2.05) is 36.4 Å². The number of amides is 1. The van der Waals surface area contributed by atoms with E-state index < -0.39 is 11.8 Å². The second-order valence-corrected chi connectivity index (χ2v) is 8.67. The van der Waals surface area contributed by atoms with E-state index in [4.69, 9.17) is 19.5 Å². The number of hydrogen-bond donors (Lipinski definition) is 1. The van der Waals surface area contributed by atoms with Gasteiger partial charge in [0.15, 0.2) is 0 Å². The number of ether oxygens (including phenoxy) is 2. The van der Waals surface area contributed by atoms with Crippen LogP contribution in [0.3, 0.4) is 0 Å². The quantitative estimate of drug-likeness (QED) is 0.367. The Labute approximate surface area is 206 Å². The van der Waals surface area contributed by atoms with Crippen molar-refractivity contribution in [3.05, 3.63) is 96.1 Å². The molecule has 6 nitrogen and oxygen atoms in total. The average Bonchev–Trinajstić information content (AvgIpc) is 3.25. The third-order valence-corrected chi connectivity index (χ3v) is 5.89. The van der Waals surface area contributed by atoms with E-state index in [1.54, 1.807) is 31.4 Å². The molecular formula is C29H31N3O3. The van der Waals surface area contributed by atoms with Crippen molar-refractivity contribution >= 4 is 17.5 Å². The molecule has 4 rings (SSSR count). The number of nitrogens with zero attached hydrogens (tertiary/aromatic N) is 2. The van der Waals surface area contributed by atoms with Crippen molar-refractivity contribution in [1.82, 2.24) is 5.32 Å². The number of methoxy groups -OCH3 is 1. The summed E-state index contributed by atoms with van der Waals surface area (Å²) in [5.41, 5.74) is 3.57. The minimum Gasteiger partial charge on any atom is -0.497 e. The zero-order chi connectivity index (χ0) is 24.5. The van der Waals surface area contributed by atoms with E-state index in [-0.39, 0.29) is 0 Å². The first-order chi connectivity index (χ1) is 17.1. The van der Waals surface area contributed by atoms with Crippen LogP contribution in [0, 0.1) is 0 Å². The van der Waals surface area contributed by atoms with Gasteiger partial charge in [-0.2, -0.15) is 0 Å². The molecule has 180 valence electrons. The Hall–Kier alpha value is -3.93. The molecule has 0 saturated heterocycles. The number of benzene rings is 3. The normalized spacial score (nSPS) is 14.1. The molecule has 1 amide bonds. The van der Waals surface area contributed by atoms with Crippen LogP contribution in [-0.2, 0) is 0 Å². The van der Waals surface area contributed by atoms with E-state index in [9.17, 15) is 4.79 Å². The number of aliphatic imine (C=N–C) groups is 2. The number of hydrogen-bond acceptors (Lipinski definition) is 5. The van der Waals surface area contributed by atoms with Crippen LogP contribution in [0.5, 0.6) is 11.5 Å². The van der Waals surface area contributed by atoms with E-state index in [1.165, 1.54) is 0 Å². The monoisotopic (exact) mass is 469 g/mol. The van der Waals surface area contributed by atoms with Crippen molar-refractivity contribution in [3.8, 4) is 11.5 Å². The van der Waals surface area contributed by atoms with Gasteiger partial charge in [0.2, 0.25) is 0 Å². The lowest BCUT2D eigenvalue weighted by molar-refractivity contribution is 0.200. The van der Waals surface area contributed by atoms with Crippen LogP contribution in [0.15, 0.2) is 94.9 Å². The lowest BCUT2D eigenvalue weighted by atomic mass is 10.0. The van der Waals surface area contributed by atoms with Gasteiger partial charge in [0.1, 0.15) is 17.2 Å². The minimum absolute atomic E-state index is 0.452. The second kappa shape index (κ2) is 11.5. The van der Waals surface area contributed by atoms with Crippen LogP contribution in [0.25, 0.3) is 0 Å². The largest absolute Gasteiger partial charge is 0.497 e. The molecule has 1 heterocycles. The Balaban J connectivity index is 1.27. The molecule has 3 aromatic rings. The number of carbonyl (C=O) groups is 1. The second-order valence-electron chi connectivity index (χ2n) is 8.67. The van der Waals surface area contributed by atoms with Crippen LogP contribution >= 0.6 is 0 Å². The molecule has 0 fully saturated rings. The first-order valence-electron chi connectivity index (χ1n) is 12.0. The molecule has 3 aromatic carbocycles. The Morgan fingerprint density at radius 2 is 1.31 bits per heavy atom. The molecule has 6 heteroatoms. The van der Waals surface area contributed by atoms with Gasteiger partial charge in [-0.25, -0.2) is 4.79 Å². The zero-order valence-electron chi connectivity index (χ0n) is 20.2. The smallest absolute Gasteiger partial charge is 0.412 e. The van der Waals surface area contributed by atoms with Crippen molar-refractivity contribution in [2.75, 3.05) is 13.7 Å². The highest BCUT2D eigenvalue weighted by Crippen LogP contribution is 2.30. The molecule has 1 aliphatic heterocycles. The van der Waals surface area contributed by atoms with Gasteiger partial charge in [-0.3, -0.25) is 9.98 Å². The van der Waals surface area contributed by atoms with Gasteiger partial charge in [-0.15, -0.1) is 0 Å². The van der Waals surface area contributed by atoms with Gasteiger partial charge >= 0.3 is 6.09 Å². The summed E-state index contributed by atoms with van der Waals surface area (Å²) in [4.78, 5) is 22.1. The molecule has 0 unspecified atom stereocenters. The lowest BCUT2D eigenvalue weighted by Crippen LogP contribution is -2.27. The third-order valence-electron chi connectivity index (χ3n) is 5.89. The van der Waals surface area contributed by atoms with Crippen molar-refractivity contribution in [1.29, 1.82) is 0 Å². The Morgan fingerprint density at radius 3 is 1.86 bits per heavy atom. The summed E-state index contributed by atoms with van der Waals surface area (Å²) in [6, 6.07) is 27.4. The van der Waals surface area contributed by atoms with E-state index in [0.29, 0.717) is 18.0 Å². The van der Waals surface area contributed by atoms with E-state index in [2.05, 4.69) is 36.5 Å². The van der Waals surface area contributed by atoms with Gasteiger partial charge in [0.05, 0.1) is 18.5 Å². The topological polar surface area (TPSA) is 72.3 Å². The van der Waals surface area contributed by atoms with Gasteiger partial charge in [-0.1, -0.05) is 67.1 Å². The Morgan fingerprint density at radius 1 is 0.771 bits per heavy atom. The van der Waals surface area contributed by atoms with Gasteiger partial charge in [-0.05, 0) is 50.5 Å². The lowest BCUT2D eigenvalue weighted by Gasteiger charge is -2.17. The molecule has 0 saturated carbocycles. The highest BCUT2D eigenvalue weighted by atomic mass is 16.6. The summed E-state index contributed by atoms with van der Waals surface area (Å²) in [7, 11) is 1.60. The standard InChI is InChI=1S/C29H31N3O3/c1-29(20-10-5-11-21-30-28(33)35-25-18-16-24(34-2)17-19-25)31-26(22-12-6-3-7-13-22)27(32-29)23-14-8-4-9-15-23/h3-4,6-9,12-19H,5,10-11,20-21H2,1-2H3,(H,30,33). The maximum Gasteiger partial charge on any atom is 0.412 e. The minimum atomic E-state index is -0.489. The van der Waals surface area contributed by atoms with Crippen LogP contribution in [-0.4, -0.2) is 36.8 Å². The van der Waals surface area contributed by atoms with Crippen molar-refractivity contribution < 1.29 is 14.3 Å². The van der Waals surface area contributed by atoms with Crippen LogP contribution in [0.1, 0.15) is 43.7 Å². The number of rotatable bonds is 10. The summed E-state index contributed by atoms with van der Waals surface area (Å²) in [5.74, 6) is 1.20. The number of nitrogens with one attached hydrogen (secondary N) is 1. The highest BCUT2D eigenvalue weighted by molar-refractivity contribution is 6.54. The highest BCUT2D eigenvalue weighted by Gasteiger charge is 2.32. The summed E-state index contributed by atoms with van der Waals surface area (Å²) >= 11 is 0. The van der Waals surface area contributed by atoms with Crippen molar-refractivity contribution in [2.45, 2.75) is 38.3 Å². The van der Waals surface area contributed by atoms with Gasteiger partial charge in [0, 0.05) is 17.7 Å². The first-order valence-corrected chi connectivity index (χ1v) is 12.0. The molecule has 0 aliphatic carbocycles. The SMILES string of the molecule is COc1ccc(OC(=O)NCCCCCC2(C)N=C(c3ccccc3)C(c3ccccc3)=N2)cc1. The molecule has 0 bridgehead atoms. The maximum atomic E-state index is 12.0. The Kier molecular flexibility index (Phi) is 7.93. The predicted octanol–water partition coefficient (Wildman–Crippen LogP) is 6.05. The molecule has 1 aliphatic rings. The van der Waals surface area contributed by atoms with Gasteiger partial charge in [0.25, 0.3) is 0 Å². The molecular weight excluding hydrogens is 438 g/mol. The zero-order valence-corrected chi connectivity index (χ0v) is 20.2. The fourth-order valence-electron chi connectivity index (χ4n) is 4.06. The number of unbranched alkanes of at least 4 members (excludes halogenated alkanes) is 2. The van der Waals surface area contributed by atoms with Crippen LogP contribution in [0.2, 0.25) is 0 Å². The number of carbonyl (C=O) groups excluding carboxylic acids is 1. The van der Waals surface area contributed by atoms with Gasteiger partial charge < -0.3 is 14.8 Å². The van der Waals surface area contributed by atoms with Crippen molar-refractivity contribution in [2.24, 2.45) is 9.98 Å². The average molecular weight is 470 g/mol. The fraction of sp³-hybridized carbons (Fsp3) is 0.276. The summed E-state index contributed by atoms with van der Waals surface area (Å²) in [6.07, 6.45) is 3.18. The molecule has 0 atom stereocenters. The first kappa shape index (κ1) is 24.2. The van der Waals surface area contributed by atoms with E-state index in [0.717, 1.165) is 48.2 Å². The molecule has 35 heavy (non-hydrogen) atoms.